The molecule has 0 radical (unpaired) electrons. The first-order valence-corrected chi connectivity index (χ1v) is 7.15. The number of benzene rings is 1. The Labute approximate surface area is 119 Å². The molecule has 1 aromatic heterocycles. The molecule has 0 aliphatic heterocycles. The number of thiophene rings is 1. The lowest BCUT2D eigenvalue weighted by molar-refractivity contribution is -0.0867. The highest BCUT2D eigenvalue weighted by atomic mass is 32.2. The van der Waals surface area contributed by atoms with Gasteiger partial charge in [0.05, 0.1) is 10.5 Å². The minimum Gasteiger partial charge on any atom is -0.418 e. The van der Waals surface area contributed by atoms with Crippen LogP contribution in [0.25, 0.3) is 10.1 Å². The molecule has 0 aliphatic rings. The van der Waals surface area contributed by atoms with Gasteiger partial charge in [0.25, 0.3) is 0 Å². The van der Waals surface area contributed by atoms with E-state index in [4.69, 9.17) is 0 Å². The average molecular weight is 332 g/mol. The monoisotopic (exact) mass is 332 g/mol. The molecule has 1 heterocycles. The maximum absolute atomic E-state index is 12.9. The van der Waals surface area contributed by atoms with Crippen LogP contribution in [0.3, 0.4) is 0 Å². The fourth-order valence-corrected chi connectivity index (χ4v) is 3.78. The van der Waals surface area contributed by atoms with E-state index in [1.807, 2.05) is 13.0 Å². The lowest BCUT2D eigenvalue weighted by atomic mass is 10.2. The number of hydrogen-bond donors (Lipinski definition) is 0. The highest BCUT2D eigenvalue weighted by molar-refractivity contribution is 7.38. The summed E-state index contributed by atoms with van der Waals surface area (Å²) in [6.45, 7) is 3.67. The molecule has 118 valence electrons. The van der Waals surface area contributed by atoms with Gasteiger partial charge in [-0.25, -0.2) is 0 Å². The number of fused-ring (bicyclic) bond motifs is 1. The maximum Gasteiger partial charge on any atom is 0.673 e. The minimum absolute atomic E-state index is 0.426. The van der Waals surface area contributed by atoms with Crippen LogP contribution in [0, 0.1) is 6.92 Å². The Balaban J connectivity index is 0.000000383. The molecular formula is C12H12BF7S. The average Bonchev–Trinajstić information content (AvgIpc) is 2.63. The summed E-state index contributed by atoms with van der Waals surface area (Å²) in [4.78, 5) is 0.494. The van der Waals surface area contributed by atoms with Gasteiger partial charge in [0.2, 0.25) is 0 Å². The summed E-state index contributed by atoms with van der Waals surface area (Å²) in [6, 6.07) is 6.88. The third-order valence-electron chi connectivity index (χ3n) is 2.54. The number of alkyl halides is 3. The van der Waals surface area contributed by atoms with E-state index >= 15 is 0 Å². The predicted octanol–water partition coefficient (Wildman–Crippen LogP) is 6.24. The van der Waals surface area contributed by atoms with Gasteiger partial charge in [-0.15, -0.1) is 13.2 Å². The number of halogens is 7. The van der Waals surface area contributed by atoms with Crippen LogP contribution in [0.15, 0.2) is 24.3 Å². The molecule has 2 rings (SSSR count). The predicted molar refractivity (Wildman–Crippen MR) is 72.0 cm³/mol. The molecule has 1 atom stereocenters. The molecule has 0 N–H and O–H groups in total. The molecule has 0 saturated carbocycles. The van der Waals surface area contributed by atoms with Crippen molar-refractivity contribution in [3.63, 3.8) is 0 Å². The lowest BCUT2D eigenvalue weighted by Crippen LogP contribution is -2.02. The molecule has 0 amide bonds. The summed E-state index contributed by atoms with van der Waals surface area (Å²) in [5.74, 6) is 0. The third-order valence-corrected chi connectivity index (χ3v) is 4.75. The van der Waals surface area contributed by atoms with E-state index in [0.717, 1.165) is 10.9 Å². The van der Waals surface area contributed by atoms with Crippen LogP contribution >= 0.6 is 10.5 Å². The van der Waals surface area contributed by atoms with E-state index in [9.17, 15) is 30.4 Å². The minimum atomic E-state index is -6.00. The molecule has 9 heteroatoms. The van der Waals surface area contributed by atoms with E-state index in [0.29, 0.717) is 16.0 Å². The van der Waals surface area contributed by atoms with Gasteiger partial charge >= 0.3 is 12.8 Å². The molecule has 0 fully saturated rings. The van der Waals surface area contributed by atoms with Gasteiger partial charge in [-0.2, -0.15) is 0 Å². The number of aryl methyl sites for hydroxylation is 2. The summed E-state index contributed by atoms with van der Waals surface area (Å²) >= 11 is 0. The summed E-state index contributed by atoms with van der Waals surface area (Å²) in [6.07, 6.45) is 0.455. The Morgan fingerprint density at radius 3 is 2.00 bits per heavy atom. The largest absolute Gasteiger partial charge is 0.673 e. The molecular weight excluding hydrogens is 320 g/mol. The second-order valence-corrected chi connectivity index (χ2v) is 6.29. The molecule has 1 aromatic carbocycles. The van der Waals surface area contributed by atoms with Crippen molar-refractivity contribution in [2.24, 2.45) is 0 Å². The quantitative estimate of drug-likeness (QED) is 0.330. The Morgan fingerprint density at radius 1 is 1.05 bits per heavy atom. The molecule has 0 nitrogen and oxygen atoms in total. The second-order valence-electron chi connectivity index (χ2n) is 4.25. The van der Waals surface area contributed by atoms with E-state index in [1.54, 1.807) is 25.1 Å². The van der Waals surface area contributed by atoms with Gasteiger partial charge in [-0.1, -0.05) is 18.6 Å². The summed E-state index contributed by atoms with van der Waals surface area (Å²) < 4.78 is 78.3. The van der Waals surface area contributed by atoms with Gasteiger partial charge in [-0.05, 0) is 19.1 Å². The van der Waals surface area contributed by atoms with Crippen molar-refractivity contribution in [2.75, 3.05) is 0 Å². The molecule has 2 aromatic rings. The highest BCUT2D eigenvalue weighted by Gasteiger charge is 2.47. The summed E-state index contributed by atoms with van der Waals surface area (Å²) in [5.41, 5.74) is -3.15. The normalized spacial score (nSPS) is 13.1. The SMILES string of the molecule is CCc1cc2cc(C)ccc2[s+]1C(F)(F)F.F[B-](F)(F)F. The fourth-order valence-electron chi connectivity index (χ4n) is 1.86. The van der Waals surface area contributed by atoms with E-state index in [1.165, 1.54) is 0 Å². The Hall–Kier alpha value is -1.25. The zero-order valence-electron chi connectivity index (χ0n) is 11.1. The van der Waals surface area contributed by atoms with E-state index in [-0.39, 0.29) is 0 Å². The zero-order chi connectivity index (χ0) is 16.4. The van der Waals surface area contributed by atoms with Crippen LogP contribution < -0.4 is 0 Å². The van der Waals surface area contributed by atoms with Crippen molar-refractivity contribution in [2.45, 2.75) is 25.8 Å². The van der Waals surface area contributed by atoms with E-state index in [2.05, 4.69) is 0 Å². The molecule has 0 spiro atoms. The van der Waals surface area contributed by atoms with E-state index < -0.39 is 23.2 Å². The Kier molecular flexibility index (Phi) is 5.30. The summed E-state index contributed by atoms with van der Waals surface area (Å²) in [7, 11) is -7.70. The third kappa shape index (κ3) is 5.22. The first kappa shape index (κ1) is 17.8. The molecule has 21 heavy (non-hydrogen) atoms. The zero-order valence-corrected chi connectivity index (χ0v) is 12.0. The van der Waals surface area contributed by atoms with Crippen LogP contribution in [0.5, 0.6) is 0 Å². The Bertz CT molecular complexity index is 606. The van der Waals surface area contributed by atoms with Crippen LogP contribution in [-0.2, 0) is 11.9 Å². The smallest absolute Gasteiger partial charge is 0.418 e. The van der Waals surface area contributed by atoms with Crippen molar-refractivity contribution >= 4 is 27.8 Å². The number of hydrogen-bond acceptors (Lipinski definition) is 0. The first-order valence-electron chi connectivity index (χ1n) is 5.93. The van der Waals surface area contributed by atoms with Gasteiger partial charge < -0.3 is 17.3 Å². The molecule has 1 unspecified atom stereocenters. The van der Waals surface area contributed by atoms with Gasteiger partial charge in [0.15, 0.2) is 9.58 Å². The highest BCUT2D eigenvalue weighted by Crippen LogP contribution is 2.50. The van der Waals surface area contributed by atoms with Gasteiger partial charge in [-0.3, -0.25) is 0 Å². The molecule has 0 aliphatic carbocycles. The van der Waals surface area contributed by atoms with Crippen molar-refractivity contribution in [1.29, 1.82) is 0 Å². The van der Waals surface area contributed by atoms with Crippen LogP contribution in [0.2, 0.25) is 0 Å². The van der Waals surface area contributed by atoms with Crippen LogP contribution in [-0.4, -0.2) is 7.25 Å². The van der Waals surface area contributed by atoms with Crippen molar-refractivity contribution in [3.8, 4) is 0 Å². The van der Waals surface area contributed by atoms with Crippen molar-refractivity contribution in [1.82, 2.24) is 0 Å². The Morgan fingerprint density at radius 2 is 1.57 bits per heavy atom. The van der Waals surface area contributed by atoms with Gasteiger partial charge in [0, 0.05) is 17.9 Å². The van der Waals surface area contributed by atoms with Crippen molar-refractivity contribution in [3.05, 3.63) is 34.7 Å². The molecule has 0 saturated heterocycles. The molecule has 0 bridgehead atoms. The lowest BCUT2D eigenvalue weighted by Gasteiger charge is -1.98. The maximum atomic E-state index is 12.9. The second kappa shape index (κ2) is 6.25. The van der Waals surface area contributed by atoms with Crippen LogP contribution in [0.4, 0.5) is 30.4 Å². The topological polar surface area (TPSA) is 0 Å². The number of rotatable bonds is 1. The fraction of sp³-hybridized carbons (Fsp3) is 0.333. The first-order chi connectivity index (χ1) is 9.43. The van der Waals surface area contributed by atoms with Crippen molar-refractivity contribution < 1.29 is 30.4 Å². The standard InChI is InChI=1S/C12H12F3S.BF4/c1-3-10-7-9-6-8(2)4-5-11(9)16(10)12(13,14)15;2-1(3,4)5/h4-7H,3H2,1-2H3;/q+1;-1. The van der Waals surface area contributed by atoms with Gasteiger partial charge in [0.1, 0.15) is 0 Å². The van der Waals surface area contributed by atoms with Crippen LogP contribution in [0.1, 0.15) is 17.4 Å². The summed E-state index contributed by atoms with van der Waals surface area (Å²) in [5, 5.41) is 0.734.